The van der Waals surface area contributed by atoms with E-state index in [0.29, 0.717) is 18.5 Å². The number of hydrogen-bond donors (Lipinski definition) is 2. The Labute approximate surface area is 108 Å². The third kappa shape index (κ3) is 5.27. The van der Waals surface area contributed by atoms with Gasteiger partial charge in [0.15, 0.2) is 0 Å². The Balaban J connectivity index is 2.46. The number of primary sulfonamides is 1. The van der Waals surface area contributed by atoms with Crippen molar-refractivity contribution in [2.45, 2.75) is 19.4 Å². The van der Waals surface area contributed by atoms with Gasteiger partial charge in [-0.2, -0.15) is 5.26 Å². The number of nitriles is 1. The molecule has 6 heteroatoms. The third-order valence-electron chi connectivity index (χ3n) is 2.57. The number of hydrogen-bond acceptors (Lipinski definition) is 4. The van der Waals surface area contributed by atoms with Gasteiger partial charge < -0.3 is 5.32 Å². The second-order valence-corrected chi connectivity index (χ2v) is 5.87. The lowest BCUT2D eigenvalue weighted by molar-refractivity contribution is 0.560. The monoisotopic (exact) mass is 267 g/mol. The van der Waals surface area contributed by atoms with Gasteiger partial charge in [-0.1, -0.05) is 12.1 Å². The highest BCUT2D eigenvalue weighted by molar-refractivity contribution is 7.89. The van der Waals surface area contributed by atoms with Crippen molar-refractivity contribution in [1.82, 2.24) is 5.32 Å². The molecule has 18 heavy (non-hydrogen) atoms. The van der Waals surface area contributed by atoms with Crippen molar-refractivity contribution in [2.24, 2.45) is 5.14 Å². The summed E-state index contributed by atoms with van der Waals surface area (Å²) in [4.78, 5) is 0. The van der Waals surface area contributed by atoms with Gasteiger partial charge in [0.2, 0.25) is 10.0 Å². The predicted octanol–water partition coefficient (Wildman–Crippen LogP) is 0.887. The normalized spacial score (nSPS) is 12.9. The first-order valence-corrected chi connectivity index (χ1v) is 7.38. The molecule has 0 radical (unpaired) electrons. The first kappa shape index (κ1) is 14.6. The highest BCUT2D eigenvalue weighted by Crippen LogP contribution is 2.13. The number of nitrogens with two attached hydrogens (primary N) is 1. The Kier molecular flexibility index (Phi) is 5.28. The maximum absolute atomic E-state index is 10.7. The average molecular weight is 267 g/mol. The zero-order valence-corrected chi connectivity index (χ0v) is 11.1. The van der Waals surface area contributed by atoms with E-state index >= 15 is 0 Å². The van der Waals surface area contributed by atoms with E-state index in [0.717, 1.165) is 5.56 Å². The average Bonchev–Trinajstić information content (AvgIpc) is 2.33. The van der Waals surface area contributed by atoms with Crippen LogP contribution >= 0.6 is 0 Å². The van der Waals surface area contributed by atoms with Crippen LogP contribution in [0.3, 0.4) is 0 Å². The van der Waals surface area contributed by atoms with Crippen LogP contribution in [-0.2, 0) is 10.0 Å². The van der Waals surface area contributed by atoms with Crippen LogP contribution in [0.2, 0.25) is 0 Å². The highest BCUT2D eigenvalue weighted by Gasteiger charge is 2.06. The van der Waals surface area contributed by atoms with E-state index in [-0.39, 0.29) is 11.8 Å². The Hall–Kier alpha value is -1.42. The lowest BCUT2D eigenvalue weighted by Gasteiger charge is -2.14. The van der Waals surface area contributed by atoms with Gasteiger partial charge in [0, 0.05) is 6.04 Å². The van der Waals surface area contributed by atoms with E-state index < -0.39 is 10.0 Å². The maximum Gasteiger partial charge on any atom is 0.209 e. The number of benzene rings is 1. The van der Waals surface area contributed by atoms with E-state index in [4.69, 9.17) is 10.4 Å². The molecule has 0 saturated carbocycles. The quantitative estimate of drug-likeness (QED) is 0.748. The van der Waals surface area contributed by atoms with Gasteiger partial charge in [-0.25, -0.2) is 13.6 Å². The largest absolute Gasteiger partial charge is 0.310 e. The minimum absolute atomic E-state index is 0.0229. The summed E-state index contributed by atoms with van der Waals surface area (Å²) in [5.41, 5.74) is 1.62. The number of nitrogens with zero attached hydrogens (tertiary/aromatic N) is 1. The summed E-state index contributed by atoms with van der Waals surface area (Å²) in [6, 6.07) is 9.48. The first-order chi connectivity index (χ1) is 8.42. The lowest BCUT2D eigenvalue weighted by Crippen LogP contribution is -2.24. The molecule has 0 heterocycles. The second kappa shape index (κ2) is 6.50. The molecule has 1 unspecified atom stereocenters. The molecule has 0 amide bonds. The SMILES string of the molecule is CC(NCCCS(N)(=O)=O)c1cccc(C#N)c1. The summed E-state index contributed by atoms with van der Waals surface area (Å²) in [6.07, 6.45) is 0.473. The molecule has 1 atom stereocenters. The van der Waals surface area contributed by atoms with Crippen LogP contribution in [0.1, 0.15) is 30.5 Å². The van der Waals surface area contributed by atoms with Crippen LogP contribution in [0.4, 0.5) is 0 Å². The third-order valence-corrected chi connectivity index (χ3v) is 3.43. The fourth-order valence-corrected chi connectivity index (χ4v) is 2.13. The van der Waals surface area contributed by atoms with Gasteiger partial charge in [-0.15, -0.1) is 0 Å². The molecule has 3 N–H and O–H groups in total. The summed E-state index contributed by atoms with van der Waals surface area (Å²) in [6.45, 7) is 2.53. The van der Waals surface area contributed by atoms with Crippen molar-refractivity contribution in [2.75, 3.05) is 12.3 Å². The van der Waals surface area contributed by atoms with Gasteiger partial charge in [-0.05, 0) is 37.6 Å². The first-order valence-electron chi connectivity index (χ1n) is 5.66. The molecule has 0 spiro atoms. The van der Waals surface area contributed by atoms with E-state index in [1.54, 1.807) is 6.07 Å². The van der Waals surface area contributed by atoms with E-state index in [9.17, 15) is 8.42 Å². The maximum atomic E-state index is 10.7. The molecule has 5 nitrogen and oxygen atoms in total. The topological polar surface area (TPSA) is 96.0 Å². The van der Waals surface area contributed by atoms with Gasteiger partial charge in [0.05, 0.1) is 17.4 Å². The molecule has 98 valence electrons. The van der Waals surface area contributed by atoms with Crippen molar-refractivity contribution in [1.29, 1.82) is 5.26 Å². The van der Waals surface area contributed by atoms with Crippen LogP contribution in [0.5, 0.6) is 0 Å². The van der Waals surface area contributed by atoms with Gasteiger partial charge in [-0.3, -0.25) is 0 Å². The Morgan fingerprint density at radius 2 is 2.22 bits per heavy atom. The van der Waals surface area contributed by atoms with Crippen molar-refractivity contribution < 1.29 is 8.42 Å². The molecule has 0 aliphatic heterocycles. The van der Waals surface area contributed by atoms with Crippen molar-refractivity contribution in [3.05, 3.63) is 35.4 Å². The fourth-order valence-electron chi connectivity index (χ4n) is 1.59. The van der Waals surface area contributed by atoms with E-state index in [2.05, 4.69) is 11.4 Å². The molecule has 0 fully saturated rings. The molecule has 0 aromatic heterocycles. The summed E-state index contributed by atoms with van der Waals surface area (Å²) < 4.78 is 21.5. The van der Waals surface area contributed by atoms with Crippen molar-refractivity contribution >= 4 is 10.0 Å². The minimum Gasteiger partial charge on any atom is -0.310 e. The molecule has 0 aliphatic rings. The molecule has 0 aliphatic carbocycles. The zero-order valence-electron chi connectivity index (χ0n) is 10.3. The van der Waals surface area contributed by atoms with Crippen LogP contribution < -0.4 is 10.5 Å². The standard InChI is InChI=1S/C12H17N3O2S/c1-10(15-6-3-7-18(14,16)17)12-5-2-4-11(8-12)9-13/h2,4-5,8,10,15H,3,6-7H2,1H3,(H2,14,16,17). The summed E-state index contributed by atoms with van der Waals surface area (Å²) in [7, 11) is -3.38. The van der Waals surface area contributed by atoms with Crippen LogP contribution in [0.25, 0.3) is 0 Å². The zero-order chi connectivity index (χ0) is 13.6. The fraction of sp³-hybridized carbons (Fsp3) is 0.417. The van der Waals surface area contributed by atoms with Crippen molar-refractivity contribution in [3.63, 3.8) is 0 Å². The molecule has 0 saturated heterocycles. The van der Waals surface area contributed by atoms with E-state index in [1.165, 1.54) is 0 Å². The number of nitrogens with one attached hydrogen (secondary N) is 1. The summed E-state index contributed by atoms with van der Waals surface area (Å²) in [5, 5.41) is 16.9. The molecule has 0 bridgehead atoms. The van der Waals surface area contributed by atoms with E-state index in [1.807, 2.05) is 25.1 Å². The van der Waals surface area contributed by atoms with Gasteiger partial charge in [0.1, 0.15) is 0 Å². The summed E-state index contributed by atoms with van der Waals surface area (Å²) in [5.74, 6) is -0.0229. The molecular formula is C12H17N3O2S. The predicted molar refractivity (Wildman–Crippen MR) is 70.2 cm³/mol. The Bertz CT molecular complexity index is 534. The molecule has 1 rings (SSSR count). The summed E-state index contributed by atoms with van der Waals surface area (Å²) >= 11 is 0. The lowest BCUT2D eigenvalue weighted by atomic mass is 10.1. The Morgan fingerprint density at radius 1 is 1.50 bits per heavy atom. The van der Waals surface area contributed by atoms with Crippen LogP contribution in [-0.4, -0.2) is 20.7 Å². The highest BCUT2D eigenvalue weighted by atomic mass is 32.2. The van der Waals surface area contributed by atoms with Crippen LogP contribution in [0.15, 0.2) is 24.3 Å². The molecule has 1 aromatic carbocycles. The van der Waals surface area contributed by atoms with Crippen LogP contribution in [0, 0.1) is 11.3 Å². The number of rotatable bonds is 6. The number of sulfonamides is 1. The Morgan fingerprint density at radius 3 is 2.83 bits per heavy atom. The smallest absolute Gasteiger partial charge is 0.209 e. The van der Waals surface area contributed by atoms with Crippen molar-refractivity contribution in [3.8, 4) is 6.07 Å². The molecular weight excluding hydrogens is 250 g/mol. The van der Waals surface area contributed by atoms with Gasteiger partial charge >= 0.3 is 0 Å². The molecule has 1 aromatic rings. The van der Waals surface area contributed by atoms with Gasteiger partial charge in [0.25, 0.3) is 0 Å². The minimum atomic E-state index is -3.38. The second-order valence-electron chi connectivity index (χ2n) is 4.13.